The summed E-state index contributed by atoms with van der Waals surface area (Å²) in [6.07, 6.45) is 3.10. The summed E-state index contributed by atoms with van der Waals surface area (Å²) in [5.41, 5.74) is 1.00. The minimum absolute atomic E-state index is 0.0388. The van der Waals surface area contributed by atoms with Gasteiger partial charge in [-0.15, -0.1) is 0 Å². The first-order chi connectivity index (χ1) is 12.9. The molecule has 1 saturated heterocycles. The fourth-order valence-corrected chi connectivity index (χ4v) is 4.10. The van der Waals surface area contributed by atoms with E-state index in [9.17, 15) is 18.0 Å². The molecule has 1 aliphatic heterocycles. The second-order valence-electron chi connectivity index (χ2n) is 6.65. The number of nitrogens with one attached hydrogen (secondary N) is 1. The number of ether oxygens (including phenoxy) is 1. The van der Waals surface area contributed by atoms with E-state index in [1.807, 2.05) is 6.92 Å². The molecule has 1 N–H and O–H groups in total. The molecule has 1 atom stereocenters. The van der Waals surface area contributed by atoms with E-state index in [0.29, 0.717) is 37.2 Å². The highest BCUT2D eigenvalue weighted by molar-refractivity contribution is 7.89. The van der Waals surface area contributed by atoms with Crippen LogP contribution in [0, 0.1) is 5.92 Å². The SMILES string of the molecule is CCCCOC(=O)c1ccc(NC(=O)[C@@H]2CCCN(S(=O)(=O)CC)C2)cc1. The summed E-state index contributed by atoms with van der Waals surface area (Å²) in [5.74, 6) is -0.922. The zero-order valence-electron chi connectivity index (χ0n) is 15.9. The molecular formula is C19H28N2O5S. The van der Waals surface area contributed by atoms with Crippen LogP contribution in [0.4, 0.5) is 5.69 Å². The van der Waals surface area contributed by atoms with Gasteiger partial charge in [-0.25, -0.2) is 17.5 Å². The molecule has 1 aliphatic rings. The Morgan fingerprint density at radius 1 is 1.22 bits per heavy atom. The third-order valence-corrected chi connectivity index (χ3v) is 6.48. The van der Waals surface area contributed by atoms with Crippen LogP contribution in [0.3, 0.4) is 0 Å². The molecule has 27 heavy (non-hydrogen) atoms. The Morgan fingerprint density at radius 3 is 2.56 bits per heavy atom. The van der Waals surface area contributed by atoms with Crippen molar-refractivity contribution in [3.63, 3.8) is 0 Å². The quantitative estimate of drug-likeness (QED) is 0.539. The summed E-state index contributed by atoms with van der Waals surface area (Å²) in [4.78, 5) is 24.4. The van der Waals surface area contributed by atoms with Gasteiger partial charge in [-0.05, 0) is 50.5 Å². The van der Waals surface area contributed by atoms with Crippen LogP contribution < -0.4 is 5.32 Å². The Hall–Kier alpha value is -1.93. The molecule has 1 fully saturated rings. The first-order valence-corrected chi connectivity index (χ1v) is 11.0. The van der Waals surface area contributed by atoms with E-state index in [1.165, 1.54) is 4.31 Å². The van der Waals surface area contributed by atoms with Crippen LogP contribution >= 0.6 is 0 Å². The monoisotopic (exact) mass is 396 g/mol. The fourth-order valence-electron chi connectivity index (χ4n) is 2.92. The van der Waals surface area contributed by atoms with Gasteiger partial charge < -0.3 is 10.1 Å². The van der Waals surface area contributed by atoms with Crippen molar-refractivity contribution in [1.82, 2.24) is 4.31 Å². The van der Waals surface area contributed by atoms with E-state index in [0.717, 1.165) is 12.8 Å². The zero-order chi connectivity index (χ0) is 19.9. The predicted molar refractivity (Wildman–Crippen MR) is 104 cm³/mol. The highest BCUT2D eigenvalue weighted by atomic mass is 32.2. The summed E-state index contributed by atoms with van der Waals surface area (Å²) in [5, 5.41) is 2.81. The number of hydrogen-bond donors (Lipinski definition) is 1. The van der Waals surface area contributed by atoms with Crippen molar-refractivity contribution in [2.45, 2.75) is 39.5 Å². The Balaban J connectivity index is 1.92. The van der Waals surface area contributed by atoms with Crippen molar-refractivity contribution in [3.8, 4) is 0 Å². The molecule has 0 aliphatic carbocycles. The lowest BCUT2D eigenvalue weighted by Crippen LogP contribution is -2.44. The standard InChI is InChI=1S/C19H28N2O5S/c1-3-5-13-26-19(23)15-8-10-17(11-9-15)20-18(22)16-7-6-12-21(14-16)27(24,25)4-2/h8-11,16H,3-7,12-14H2,1-2H3,(H,20,22)/t16-/m1/s1. The lowest BCUT2D eigenvalue weighted by atomic mass is 9.98. The van der Waals surface area contributed by atoms with Gasteiger partial charge >= 0.3 is 5.97 Å². The molecule has 7 nitrogen and oxygen atoms in total. The maximum atomic E-state index is 12.5. The molecule has 1 amide bonds. The lowest BCUT2D eigenvalue weighted by molar-refractivity contribution is -0.120. The van der Waals surface area contributed by atoms with E-state index in [-0.39, 0.29) is 30.1 Å². The Labute approximate surface area is 161 Å². The predicted octanol–water partition coefficient (Wildman–Crippen LogP) is 2.64. The van der Waals surface area contributed by atoms with E-state index in [2.05, 4.69) is 5.32 Å². The van der Waals surface area contributed by atoms with Gasteiger partial charge in [0.15, 0.2) is 0 Å². The van der Waals surface area contributed by atoms with Crippen molar-refractivity contribution >= 4 is 27.6 Å². The van der Waals surface area contributed by atoms with Crippen LogP contribution in [0.15, 0.2) is 24.3 Å². The molecule has 0 aromatic heterocycles. The highest BCUT2D eigenvalue weighted by Gasteiger charge is 2.31. The Kier molecular flexibility index (Phi) is 7.79. The molecule has 0 unspecified atom stereocenters. The summed E-state index contributed by atoms with van der Waals surface area (Å²) in [6.45, 7) is 4.70. The van der Waals surface area contributed by atoms with E-state index in [1.54, 1.807) is 31.2 Å². The van der Waals surface area contributed by atoms with Crippen LogP contribution in [0.1, 0.15) is 49.9 Å². The smallest absolute Gasteiger partial charge is 0.338 e. The summed E-state index contributed by atoms with van der Waals surface area (Å²) in [7, 11) is -3.28. The molecule has 0 radical (unpaired) electrons. The zero-order valence-corrected chi connectivity index (χ0v) is 16.8. The van der Waals surface area contributed by atoms with Gasteiger partial charge in [0.25, 0.3) is 0 Å². The number of unbranched alkanes of at least 4 members (excludes halogenated alkanes) is 1. The number of amides is 1. The van der Waals surface area contributed by atoms with Crippen molar-refractivity contribution in [2.24, 2.45) is 5.92 Å². The van der Waals surface area contributed by atoms with Crippen LogP contribution in [-0.2, 0) is 19.6 Å². The molecule has 8 heteroatoms. The molecule has 1 aromatic rings. The number of benzene rings is 1. The van der Waals surface area contributed by atoms with Crippen LogP contribution in [-0.4, -0.2) is 50.0 Å². The number of nitrogens with zero attached hydrogens (tertiary/aromatic N) is 1. The molecule has 150 valence electrons. The normalized spacial score (nSPS) is 18.1. The van der Waals surface area contributed by atoms with Crippen LogP contribution in [0.25, 0.3) is 0 Å². The summed E-state index contributed by atoms with van der Waals surface area (Å²) in [6, 6.07) is 6.52. The number of rotatable bonds is 8. The second-order valence-corrected chi connectivity index (χ2v) is 8.91. The first kappa shape index (κ1) is 21.4. The second kappa shape index (κ2) is 9.85. The average molecular weight is 397 g/mol. The molecular weight excluding hydrogens is 368 g/mol. The van der Waals surface area contributed by atoms with Crippen LogP contribution in [0.2, 0.25) is 0 Å². The van der Waals surface area contributed by atoms with Crippen molar-refractivity contribution in [1.29, 1.82) is 0 Å². The van der Waals surface area contributed by atoms with E-state index < -0.39 is 10.0 Å². The molecule has 1 aromatic carbocycles. The van der Waals surface area contributed by atoms with Gasteiger partial charge in [-0.2, -0.15) is 0 Å². The summed E-state index contributed by atoms with van der Waals surface area (Å²) >= 11 is 0. The van der Waals surface area contributed by atoms with Gasteiger partial charge in [-0.1, -0.05) is 13.3 Å². The van der Waals surface area contributed by atoms with Gasteiger partial charge in [0.1, 0.15) is 0 Å². The van der Waals surface area contributed by atoms with Gasteiger partial charge in [0.05, 0.1) is 23.8 Å². The number of piperidine rings is 1. The highest BCUT2D eigenvalue weighted by Crippen LogP contribution is 2.21. The number of anilines is 1. The van der Waals surface area contributed by atoms with Gasteiger partial charge in [0, 0.05) is 18.8 Å². The average Bonchev–Trinajstić information content (AvgIpc) is 2.68. The number of esters is 1. The topological polar surface area (TPSA) is 92.8 Å². The maximum absolute atomic E-state index is 12.5. The lowest BCUT2D eigenvalue weighted by Gasteiger charge is -2.30. The molecule has 1 heterocycles. The minimum Gasteiger partial charge on any atom is -0.462 e. The number of sulfonamides is 1. The van der Waals surface area contributed by atoms with Gasteiger partial charge in [-0.3, -0.25) is 4.79 Å². The van der Waals surface area contributed by atoms with Gasteiger partial charge in [0.2, 0.25) is 15.9 Å². The first-order valence-electron chi connectivity index (χ1n) is 9.43. The Bertz CT molecular complexity index is 746. The van der Waals surface area contributed by atoms with E-state index >= 15 is 0 Å². The van der Waals surface area contributed by atoms with Crippen molar-refractivity contribution in [3.05, 3.63) is 29.8 Å². The summed E-state index contributed by atoms with van der Waals surface area (Å²) < 4.78 is 30.6. The maximum Gasteiger partial charge on any atom is 0.338 e. The number of carbonyl (C=O) groups excluding carboxylic acids is 2. The van der Waals surface area contributed by atoms with Crippen molar-refractivity contribution in [2.75, 3.05) is 30.8 Å². The largest absolute Gasteiger partial charge is 0.462 e. The van der Waals surface area contributed by atoms with E-state index in [4.69, 9.17) is 4.74 Å². The molecule has 0 spiro atoms. The number of hydrogen-bond acceptors (Lipinski definition) is 5. The molecule has 2 rings (SSSR count). The minimum atomic E-state index is -3.28. The molecule has 0 saturated carbocycles. The number of carbonyl (C=O) groups is 2. The van der Waals surface area contributed by atoms with Crippen molar-refractivity contribution < 1.29 is 22.7 Å². The fraction of sp³-hybridized carbons (Fsp3) is 0.579. The third kappa shape index (κ3) is 6.04. The molecule has 0 bridgehead atoms. The van der Waals surface area contributed by atoms with Crippen LogP contribution in [0.5, 0.6) is 0 Å². The Morgan fingerprint density at radius 2 is 1.93 bits per heavy atom. The third-order valence-electron chi connectivity index (χ3n) is 4.63.